The van der Waals surface area contributed by atoms with Gasteiger partial charge >= 0.3 is 0 Å². The van der Waals surface area contributed by atoms with E-state index in [1.807, 2.05) is 12.1 Å². The van der Waals surface area contributed by atoms with E-state index in [1.165, 1.54) is 19.4 Å². The first-order valence-corrected chi connectivity index (χ1v) is 8.53. The van der Waals surface area contributed by atoms with Crippen molar-refractivity contribution in [3.63, 3.8) is 0 Å². The Labute approximate surface area is 133 Å². The summed E-state index contributed by atoms with van der Waals surface area (Å²) in [5.41, 5.74) is 1.85. The van der Waals surface area contributed by atoms with Gasteiger partial charge in [0, 0.05) is 24.2 Å². The fraction of sp³-hybridized carbons (Fsp3) is 0.500. The second-order valence-electron chi connectivity index (χ2n) is 5.74. The van der Waals surface area contributed by atoms with Crippen molar-refractivity contribution in [3.05, 3.63) is 28.7 Å². The zero-order valence-corrected chi connectivity index (χ0v) is 13.4. The molecular formula is C16H19N3O2S. The molecule has 4 heterocycles. The summed E-state index contributed by atoms with van der Waals surface area (Å²) >= 11 is 1.66. The van der Waals surface area contributed by atoms with Gasteiger partial charge in [0.05, 0.1) is 25.0 Å². The number of fused-ring (bicyclic) bond motifs is 1. The topological polar surface area (TPSA) is 47.5 Å². The summed E-state index contributed by atoms with van der Waals surface area (Å²) in [4.78, 5) is 11.6. The first-order chi connectivity index (χ1) is 10.8. The molecule has 0 amide bonds. The van der Waals surface area contributed by atoms with Gasteiger partial charge in [-0.05, 0) is 31.5 Å². The molecule has 0 aromatic carbocycles. The molecule has 4 rings (SSSR count). The molecule has 2 aromatic rings. The van der Waals surface area contributed by atoms with E-state index in [4.69, 9.17) is 14.5 Å². The number of pyridine rings is 1. The minimum atomic E-state index is 0.0933. The Bertz CT molecular complexity index is 660. The number of rotatable bonds is 3. The smallest absolute Gasteiger partial charge is 0.222 e. The van der Waals surface area contributed by atoms with Crippen LogP contribution in [0.2, 0.25) is 0 Å². The standard InChI is InChI=1S/C16H19N3O2S/c1-20-15-12(5-2-6-17-15)13-10-22-16(18-13)14-8-19-7-3-4-11(19)9-21-14/h2,5-6,10-11,14H,3-4,7-9H2,1H3/t11-,14+/m0/s1. The van der Waals surface area contributed by atoms with Gasteiger partial charge in [0.25, 0.3) is 0 Å². The summed E-state index contributed by atoms with van der Waals surface area (Å²) in [5, 5.41) is 3.11. The van der Waals surface area contributed by atoms with Gasteiger partial charge < -0.3 is 9.47 Å². The zero-order valence-electron chi connectivity index (χ0n) is 12.6. The molecule has 0 aliphatic carbocycles. The first-order valence-electron chi connectivity index (χ1n) is 7.65. The highest BCUT2D eigenvalue weighted by molar-refractivity contribution is 7.10. The van der Waals surface area contributed by atoms with E-state index in [1.54, 1.807) is 24.6 Å². The van der Waals surface area contributed by atoms with Crippen LogP contribution in [0.25, 0.3) is 11.3 Å². The highest BCUT2D eigenvalue weighted by atomic mass is 32.1. The summed E-state index contributed by atoms with van der Waals surface area (Å²) in [6, 6.07) is 4.51. The Morgan fingerprint density at radius 1 is 1.45 bits per heavy atom. The molecule has 22 heavy (non-hydrogen) atoms. The second-order valence-corrected chi connectivity index (χ2v) is 6.63. The SMILES string of the molecule is COc1ncccc1-c1csc([C@H]2CN3CCC[C@H]3CO2)n1. The Kier molecular flexibility index (Phi) is 3.82. The van der Waals surface area contributed by atoms with Gasteiger partial charge in [-0.2, -0.15) is 0 Å². The molecule has 116 valence electrons. The lowest BCUT2D eigenvalue weighted by atomic mass is 10.2. The minimum Gasteiger partial charge on any atom is -0.481 e. The number of hydrogen-bond acceptors (Lipinski definition) is 6. The number of thiazole rings is 1. The fourth-order valence-corrected chi connectivity index (χ4v) is 4.13. The molecule has 0 N–H and O–H groups in total. The van der Waals surface area contributed by atoms with E-state index >= 15 is 0 Å². The number of methoxy groups -OCH3 is 1. The lowest BCUT2D eigenvalue weighted by Gasteiger charge is -2.34. The van der Waals surface area contributed by atoms with Crippen LogP contribution in [-0.2, 0) is 4.74 Å². The molecule has 0 saturated carbocycles. The molecule has 0 bridgehead atoms. The molecule has 0 spiro atoms. The highest BCUT2D eigenvalue weighted by Gasteiger charge is 2.34. The Morgan fingerprint density at radius 2 is 2.41 bits per heavy atom. The third-order valence-corrected chi connectivity index (χ3v) is 5.36. The van der Waals surface area contributed by atoms with Crippen LogP contribution in [0, 0.1) is 0 Å². The van der Waals surface area contributed by atoms with Crippen molar-refractivity contribution in [3.8, 4) is 17.1 Å². The van der Waals surface area contributed by atoms with Crippen molar-refractivity contribution in [2.24, 2.45) is 0 Å². The quantitative estimate of drug-likeness (QED) is 0.871. The van der Waals surface area contributed by atoms with E-state index < -0.39 is 0 Å². The highest BCUT2D eigenvalue weighted by Crippen LogP contribution is 2.34. The van der Waals surface area contributed by atoms with Crippen molar-refractivity contribution < 1.29 is 9.47 Å². The van der Waals surface area contributed by atoms with Crippen LogP contribution >= 0.6 is 11.3 Å². The predicted molar refractivity (Wildman–Crippen MR) is 85.2 cm³/mol. The van der Waals surface area contributed by atoms with E-state index in [2.05, 4.69) is 15.3 Å². The predicted octanol–water partition coefficient (Wildman–Crippen LogP) is 2.75. The molecule has 2 fully saturated rings. The summed E-state index contributed by atoms with van der Waals surface area (Å²) < 4.78 is 11.4. The molecule has 0 unspecified atom stereocenters. The monoisotopic (exact) mass is 317 g/mol. The van der Waals surface area contributed by atoms with Crippen molar-refractivity contribution in [1.82, 2.24) is 14.9 Å². The Hall–Kier alpha value is -1.50. The van der Waals surface area contributed by atoms with Crippen LogP contribution in [0.1, 0.15) is 24.0 Å². The van der Waals surface area contributed by atoms with Crippen LogP contribution in [0.4, 0.5) is 0 Å². The number of hydrogen-bond donors (Lipinski definition) is 0. The molecule has 2 atom stereocenters. The average Bonchev–Trinajstić information content (AvgIpc) is 3.23. The minimum absolute atomic E-state index is 0.0933. The summed E-state index contributed by atoms with van der Waals surface area (Å²) in [6.07, 6.45) is 4.38. The van der Waals surface area contributed by atoms with E-state index in [9.17, 15) is 0 Å². The van der Waals surface area contributed by atoms with Crippen molar-refractivity contribution >= 4 is 11.3 Å². The number of ether oxygens (including phenoxy) is 2. The molecule has 2 aliphatic rings. The Morgan fingerprint density at radius 3 is 3.32 bits per heavy atom. The van der Waals surface area contributed by atoms with Gasteiger partial charge in [0.2, 0.25) is 5.88 Å². The third kappa shape index (κ3) is 2.51. The van der Waals surface area contributed by atoms with Crippen LogP contribution < -0.4 is 4.74 Å². The van der Waals surface area contributed by atoms with Crippen LogP contribution in [0.15, 0.2) is 23.7 Å². The zero-order chi connectivity index (χ0) is 14.9. The number of nitrogens with zero attached hydrogens (tertiary/aromatic N) is 3. The number of aromatic nitrogens is 2. The summed E-state index contributed by atoms with van der Waals surface area (Å²) in [5.74, 6) is 0.614. The van der Waals surface area contributed by atoms with Crippen LogP contribution in [0.5, 0.6) is 5.88 Å². The Balaban J connectivity index is 1.56. The first kappa shape index (κ1) is 14.1. The lowest BCUT2D eigenvalue weighted by Crippen LogP contribution is -2.42. The molecular weight excluding hydrogens is 298 g/mol. The molecule has 2 aliphatic heterocycles. The van der Waals surface area contributed by atoms with Gasteiger partial charge in [-0.3, -0.25) is 4.90 Å². The largest absolute Gasteiger partial charge is 0.481 e. The maximum absolute atomic E-state index is 6.04. The second kappa shape index (κ2) is 5.95. The van der Waals surface area contributed by atoms with Gasteiger partial charge in [-0.1, -0.05) is 0 Å². The summed E-state index contributed by atoms with van der Waals surface area (Å²) in [6.45, 7) is 2.98. The molecule has 5 nitrogen and oxygen atoms in total. The normalized spacial score (nSPS) is 25.1. The van der Waals surface area contributed by atoms with Crippen molar-refractivity contribution in [2.45, 2.75) is 25.0 Å². The summed E-state index contributed by atoms with van der Waals surface area (Å²) in [7, 11) is 1.64. The number of morpholine rings is 1. The maximum atomic E-state index is 6.04. The maximum Gasteiger partial charge on any atom is 0.222 e. The fourth-order valence-electron chi connectivity index (χ4n) is 3.27. The van der Waals surface area contributed by atoms with E-state index in [0.717, 1.165) is 29.4 Å². The molecule has 6 heteroatoms. The van der Waals surface area contributed by atoms with Crippen molar-refractivity contribution in [1.29, 1.82) is 0 Å². The van der Waals surface area contributed by atoms with Gasteiger partial charge in [-0.15, -0.1) is 11.3 Å². The van der Waals surface area contributed by atoms with E-state index in [-0.39, 0.29) is 6.10 Å². The average molecular weight is 317 g/mol. The van der Waals surface area contributed by atoms with E-state index in [0.29, 0.717) is 11.9 Å². The van der Waals surface area contributed by atoms with Crippen LogP contribution in [-0.4, -0.2) is 47.7 Å². The molecule has 0 radical (unpaired) electrons. The third-order valence-electron chi connectivity index (χ3n) is 4.43. The molecule has 2 saturated heterocycles. The molecule has 2 aromatic heterocycles. The van der Waals surface area contributed by atoms with Gasteiger partial charge in [0.1, 0.15) is 11.1 Å². The van der Waals surface area contributed by atoms with Gasteiger partial charge in [-0.25, -0.2) is 9.97 Å². The van der Waals surface area contributed by atoms with Crippen molar-refractivity contribution in [2.75, 3.05) is 26.8 Å². The van der Waals surface area contributed by atoms with Crippen LogP contribution in [0.3, 0.4) is 0 Å². The lowest BCUT2D eigenvalue weighted by molar-refractivity contribution is -0.0502. The van der Waals surface area contributed by atoms with Gasteiger partial charge in [0.15, 0.2) is 0 Å².